The fourth-order valence-electron chi connectivity index (χ4n) is 4.06. The number of nitrogens with zero attached hydrogens (tertiary/aromatic N) is 3. The van der Waals surface area contributed by atoms with Crippen LogP contribution in [0, 0.1) is 12.8 Å². The topological polar surface area (TPSA) is 75.6 Å². The lowest BCUT2D eigenvalue weighted by Gasteiger charge is -2.16. The van der Waals surface area contributed by atoms with Crippen molar-refractivity contribution < 1.29 is 18.0 Å². The number of hydrogen-bond donors (Lipinski definition) is 2. The van der Waals surface area contributed by atoms with Crippen molar-refractivity contribution in [2.75, 3.05) is 0 Å². The number of rotatable bonds is 4. The first-order valence-electron chi connectivity index (χ1n) is 8.95. The van der Waals surface area contributed by atoms with E-state index in [1.54, 1.807) is 6.20 Å². The zero-order valence-electron chi connectivity index (χ0n) is 14.8. The molecule has 0 bridgehead atoms. The number of H-pyrrole nitrogens is 1. The van der Waals surface area contributed by atoms with Crippen molar-refractivity contribution in [3.8, 4) is 0 Å². The highest BCUT2D eigenvalue weighted by Crippen LogP contribution is 2.31. The Morgan fingerprint density at radius 3 is 3.00 bits per heavy atom. The molecular weight excluding hydrogens is 359 g/mol. The molecule has 3 heterocycles. The second-order valence-electron chi connectivity index (χ2n) is 7.24. The summed E-state index contributed by atoms with van der Waals surface area (Å²) in [6.45, 7) is 2.66. The number of halogens is 3. The van der Waals surface area contributed by atoms with E-state index in [1.165, 1.54) is 0 Å². The van der Waals surface area contributed by atoms with Gasteiger partial charge >= 0.3 is 6.18 Å². The van der Waals surface area contributed by atoms with Gasteiger partial charge in [0, 0.05) is 24.2 Å². The second kappa shape index (κ2) is 6.54. The van der Waals surface area contributed by atoms with E-state index in [0.29, 0.717) is 12.8 Å². The number of imidazole rings is 1. The van der Waals surface area contributed by atoms with Gasteiger partial charge in [0.15, 0.2) is 0 Å². The average Bonchev–Trinajstić information content (AvgIpc) is 3.25. The Hall–Kier alpha value is -2.58. The van der Waals surface area contributed by atoms with E-state index in [4.69, 9.17) is 0 Å². The SMILES string of the molecule is Cc1nc2cnc3[nH]ccc3c2n1CC1CCC(NC(=O)CC(F)(F)F)C1. The van der Waals surface area contributed by atoms with Crippen LogP contribution in [-0.4, -0.2) is 37.6 Å². The Morgan fingerprint density at radius 2 is 2.22 bits per heavy atom. The maximum absolute atomic E-state index is 12.3. The summed E-state index contributed by atoms with van der Waals surface area (Å²) in [6, 6.07) is 1.77. The van der Waals surface area contributed by atoms with E-state index in [1.807, 2.05) is 19.2 Å². The van der Waals surface area contributed by atoms with E-state index in [0.717, 1.165) is 40.9 Å². The molecule has 144 valence electrons. The van der Waals surface area contributed by atoms with Gasteiger partial charge in [-0.2, -0.15) is 13.2 Å². The first-order chi connectivity index (χ1) is 12.8. The molecule has 2 atom stereocenters. The quantitative estimate of drug-likeness (QED) is 0.729. The average molecular weight is 379 g/mol. The maximum atomic E-state index is 12.3. The summed E-state index contributed by atoms with van der Waals surface area (Å²) in [5, 5.41) is 3.52. The third-order valence-electron chi connectivity index (χ3n) is 5.19. The van der Waals surface area contributed by atoms with Crippen molar-refractivity contribution >= 4 is 28.0 Å². The van der Waals surface area contributed by atoms with E-state index < -0.39 is 18.5 Å². The molecule has 1 aliphatic rings. The molecule has 27 heavy (non-hydrogen) atoms. The highest BCUT2D eigenvalue weighted by molar-refractivity contribution is 6.01. The van der Waals surface area contributed by atoms with Crippen LogP contribution in [0.5, 0.6) is 0 Å². The molecule has 0 spiro atoms. The van der Waals surface area contributed by atoms with Gasteiger partial charge in [-0.1, -0.05) is 0 Å². The van der Waals surface area contributed by atoms with Crippen LogP contribution in [0.1, 0.15) is 31.5 Å². The smallest absolute Gasteiger partial charge is 0.353 e. The number of fused-ring (bicyclic) bond motifs is 3. The van der Waals surface area contributed by atoms with E-state index in [2.05, 4.69) is 24.8 Å². The highest BCUT2D eigenvalue weighted by Gasteiger charge is 2.33. The van der Waals surface area contributed by atoms with E-state index in [-0.39, 0.29) is 12.0 Å². The molecular formula is C18H20F3N5O. The van der Waals surface area contributed by atoms with Gasteiger partial charge in [-0.25, -0.2) is 9.97 Å². The number of aromatic nitrogens is 4. The monoisotopic (exact) mass is 379 g/mol. The summed E-state index contributed by atoms with van der Waals surface area (Å²) in [4.78, 5) is 23.6. The molecule has 0 aliphatic heterocycles. The number of hydrogen-bond acceptors (Lipinski definition) is 3. The molecule has 2 unspecified atom stereocenters. The Bertz CT molecular complexity index is 990. The molecule has 2 N–H and O–H groups in total. The number of pyridine rings is 1. The predicted molar refractivity (Wildman–Crippen MR) is 94.1 cm³/mol. The third kappa shape index (κ3) is 3.63. The van der Waals surface area contributed by atoms with Crippen molar-refractivity contribution in [3.63, 3.8) is 0 Å². The minimum Gasteiger partial charge on any atom is -0.353 e. The molecule has 4 rings (SSSR count). The largest absolute Gasteiger partial charge is 0.397 e. The minimum atomic E-state index is -4.47. The Balaban J connectivity index is 1.48. The van der Waals surface area contributed by atoms with Crippen LogP contribution in [-0.2, 0) is 11.3 Å². The van der Waals surface area contributed by atoms with Crippen molar-refractivity contribution in [2.45, 2.75) is 51.4 Å². The van der Waals surface area contributed by atoms with Crippen molar-refractivity contribution in [2.24, 2.45) is 5.92 Å². The van der Waals surface area contributed by atoms with Crippen LogP contribution >= 0.6 is 0 Å². The molecule has 9 heteroatoms. The minimum absolute atomic E-state index is 0.200. The predicted octanol–water partition coefficient (Wildman–Crippen LogP) is 3.46. The molecule has 6 nitrogen and oxygen atoms in total. The fraction of sp³-hybridized carbons (Fsp3) is 0.500. The van der Waals surface area contributed by atoms with E-state index in [9.17, 15) is 18.0 Å². The summed E-state index contributed by atoms with van der Waals surface area (Å²) >= 11 is 0. The number of aromatic amines is 1. The molecule has 0 saturated heterocycles. The number of nitrogens with one attached hydrogen (secondary N) is 2. The molecule has 3 aromatic heterocycles. The number of carbonyl (C=O) groups is 1. The molecule has 0 radical (unpaired) electrons. The molecule has 1 saturated carbocycles. The van der Waals surface area contributed by atoms with Crippen molar-refractivity contribution in [3.05, 3.63) is 24.3 Å². The number of alkyl halides is 3. The normalized spacial score (nSPS) is 20.6. The lowest BCUT2D eigenvalue weighted by molar-refractivity contribution is -0.154. The second-order valence-corrected chi connectivity index (χ2v) is 7.24. The summed E-state index contributed by atoms with van der Waals surface area (Å²) < 4.78 is 39.1. The third-order valence-corrected chi connectivity index (χ3v) is 5.19. The van der Waals surface area contributed by atoms with Crippen LogP contribution in [0.4, 0.5) is 13.2 Å². The van der Waals surface area contributed by atoms with Gasteiger partial charge in [0.05, 0.1) is 11.7 Å². The van der Waals surface area contributed by atoms with Gasteiger partial charge in [0.25, 0.3) is 0 Å². The number of carbonyl (C=O) groups excluding carboxylic acids is 1. The van der Waals surface area contributed by atoms with Crippen LogP contribution in [0.2, 0.25) is 0 Å². The van der Waals surface area contributed by atoms with Crippen LogP contribution in [0.15, 0.2) is 18.5 Å². The van der Waals surface area contributed by atoms with Crippen molar-refractivity contribution in [1.82, 2.24) is 24.8 Å². The van der Waals surface area contributed by atoms with Crippen LogP contribution in [0.25, 0.3) is 22.1 Å². The molecule has 3 aromatic rings. The molecule has 1 fully saturated rings. The molecule has 1 amide bonds. The lowest BCUT2D eigenvalue weighted by atomic mass is 10.1. The molecule has 1 aliphatic carbocycles. The Labute approximate surface area is 153 Å². The molecule has 0 aromatic carbocycles. The van der Waals surface area contributed by atoms with Gasteiger partial charge in [0.1, 0.15) is 23.4 Å². The lowest BCUT2D eigenvalue weighted by Crippen LogP contribution is -2.35. The van der Waals surface area contributed by atoms with Crippen LogP contribution in [0.3, 0.4) is 0 Å². The van der Waals surface area contributed by atoms with Gasteiger partial charge in [0.2, 0.25) is 5.91 Å². The first-order valence-corrected chi connectivity index (χ1v) is 8.95. The van der Waals surface area contributed by atoms with Gasteiger partial charge in [-0.3, -0.25) is 4.79 Å². The maximum Gasteiger partial charge on any atom is 0.397 e. The summed E-state index contributed by atoms with van der Waals surface area (Å²) in [5.74, 6) is 0.210. The summed E-state index contributed by atoms with van der Waals surface area (Å²) in [7, 11) is 0. The summed E-state index contributed by atoms with van der Waals surface area (Å²) in [5.41, 5.74) is 2.64. The fourth-order valence-corrected chi connectivity index (χ4v) is 4.06. The standard InChI is InChI=1S/C18H20F3N5O/c1-10-24-14-8-23-17-13(4-5-22-17)16(14)26(10)9-11-2-3-12(6-11)25-15(27)7-18(19,20)21/h4-5,8,11-12H,2-3,6-7,9H2,1H3,(H,22,23)(H,25,27). The van der Waals surface area contributed by atoms with E-state index >= 15 is 0 Å². The van der Waals surface area contributed by atoms with Gasteiger partial charge < -0.3 is 14.9 Å². The Kier molecular flexibility index (Phi) is 4.32. The van der Waals surface area contributed by atoms with Crippen molar-refractivity contribution in [1.29, 1.82) is 0 Å². The zero-order chi connectivity index (χ0) is 19.2. The zero-order valence-corrected chi connectivity index (χ0v) is 14.8. The highest BCUT2D eigenvalue weighted by atomic mass is 19.4. The first kappa shape index (κ1) is 17.8. The van der Waals surface area contributed by atoms with Gasteiger partial charge in [-0.05, 0) is 38.2 Å². The number of aryl methyl sites for hydroxylation is 1. The van der Waals surface area contributed by atoms with Crippen LogP contribution < -0.4 is 5.32 Å². The Morgan fingerprint density at radius 1 is 1.41 bits per heavy atom. The van der Waals surface area contributed by atoms with Gasteiger partial charge in [-0.15, -0.1) is 0 Å². The number of amides is 1. The summed E-state index contributed by atoms with van der Waals surface area (Å²) in [6.07, 6.45) is -0.0799.